The monoisotopic (exact) mass is 617 g/mol. The van der Waals surface area contributed by atoms with Crippen LogP contribution in [-0.2, 0) is 0 Å². The Labute approximate surface area is 280 Å². The number of aromatic nitrogens is 1. The molecule has 2 nitrogen and oxygen atoms in total. The van der Waals surface area contributed by atoms with E-state index in [9.17, 15) is 0 Å². The molecule has 0 spiro atoms. The van der Waals surface area contributed by atoms with Crippen LogP contribution < -0.4 is 0 Å². The third-order valence-corrected chi connectivity index (χ3v) is 9.71. The van der Waals surface area contributed by atoms with Crippen molar-refractivity contribution in [3.05, 3.63) is 162 Å². The normalized spacial score (nSPS) is 11.8. The van der Waals surface area contributed by atoms with Gasteiger partial charge in [-0.3, -0.25) is 0 Å². The maximum atomic E-state index is 6.18. The first-order valence-electron chi connectivity index (χ1n) is 16.7. The van der Waals surface area contributed by atoms with Crippen molar-refractivity contribution in [3.8, 4) is 39.1 Å². The Morgan fingerprint density at radius 1 is 0.375 bits per heavy atom. The summed E-state index contributed by atoms with van der Waals surface area (Å²) in [6.07, 6.45) is 0. The van der Waals surface area contributed by atoms with Crippen molar-refractivity contribution >= 4 is 43.7 Å². The molecule has 0 saturated carbocycles. The molecular formula is C46H35NO. The van der Waals surface area contributed by atoms with Gasteiger partial charge in [-0.25, -0.2) is 0 Å². The van der Waals surface area contributed by atoms with Crippen LogP contribution in [0.5, 0.6) is 0 Å². The van der Waals surface area contributed by atoms with Crippen molar-refractivity contribution in [2.24, 2.45) is 0 Å². The van der Waals surface area contributed by atoms with E-state index in [4.69, 9.17) is 4.42 Å². The lowest BCUT2D eigenvalue weighted by atomic mass is 9.97. The summed E-state index contributed by atoms with van der Waals surface area (Å²) in [5.41, 5.74) is 17.8. The van der Waals surface area contributed by atoms with Crippen LogP contribution in [-0.4, -0.2) is 4.57 Å². The average molecular weight is 618 g/mol. The van der Waals surface area contributed by atoms with Crippen LogP contribution in [0.2, 0.25) is 0 Å². The van der Waals surface area contributed by atoms with Gasteiger partial charge in [0.15, 0.2) is 0 Å². The zero-order valence-electron chi connectivity index (χ0n) is 27.6. The number of furan rings is 1. The zero-order valence-corrected chi connectivity index (χ0v) is 27.6. The SMILES string of the molecule is Cc1cc(C)cc(-c2ccc3c(c2)c2cc(-c4cc(C)cc(C)c4)ccc2n3-c2ccccc2-c2ccc3oc4ccccc4c3c2)c1. The maximum absolute atomic E-state index is 6.18. The highest BCUT2D eigenvalue weighted by Crippen LogP contribution is 2.41. The Kier molecular flexibility index (Phi) is 6.42. The van der Waals surface area contributed by atoms with Crippen LogP contribution >= 0.6 is 0 Å². The summed E-state index contributed by atoms with van der Waals surface area (Å²) >= 11 is 0. The number of nitrogens with zero attached hydrogens (tertiary/aromatic N) is 1. The number of rotatable bonds is 4. The Bertz CT molecular complexity index is 2570. The summed E-state index contributed by atoms with van der Waals surface area (Å²) in [7, 11) is 0. The lowest BCUT2D eigenvalue weighted by molar-refractivity contribution is 0.669. The van der Waals surface area contributed by atoms with Crippen molar-refractivity contribution in [2.45, 2.75) is 27.7 Å². The second kappa shape index (κ2) is 10.9. The first-order valence-corrected chi connectivity index (χ1v) is 16.7. The van der Waals surface area contributed by atoms with Crippen LogP contribution in [0.4, 0.5) is 0 Å². The minimum Gasteiger partial charge on any atom is -0.456 e. The fourth-order valence-electron chi connectivity index (χ4n) is 7.73. The van der Waals surface area contributed by atoms with Gasteiger partial charge >= 0.3 is 0 Å². The first-order chi connectivity index (χ1) is 23.4. The van der Waals surface area contributed by atoms with Gasteiger partial charge in [0.1, 0.15) is 11.2 Å². The molecule has 0 N–H and O–H groups in total. The molecule has 0 unspecified atom stereocenters. The molecule has 2 heterocycles. The van der Waals surface area contributed by atoms with E-state index in [1.807, 2.05) is 12.1 Å². The summed E-state index contributed by atoms with van der Waals surface area (Å²) in [6.45, 7) is 8.71. The third kappa shape index (κ3) is 4.64. The van der Waals surface area contributed by atoms with Crippen molar-refractivity contribution in [3.63, 3.8) is 0 Å². The standard InChI is InChI=1S/C46H35NO/c1-28-19-29(2)22-35(21-28)32-13-16-43-39(25-32)40-26-33(36-23-30(3)20-31(4)24-36)14-17-44(40)47(43)42-11-7-5-9-37(42)34-15-18-46-41(27-34)38-10-6-8-12-45(38)48-46/h5-27H,1-4H3. The number of hydrogen-bond donors (Lipinski definition) is 0. The van der Waals surface area contributed by atoms with E-state index < -0.39 is 0 Å². The van der Waals surface area contributed by atoms with Gasteiger partial charge in [-0.15, -0.1) is 0 Å². The Hall–Kier alpha value is -5.86. The largest absolute Gasteiger partial charge is 0.456 e. The van der Waals surface area contributed by atoms with Gasteiger partial charge < -0.3 is 8.98 Å². The van der Waals surface area contributed by atoms with E-state index >= 15 is 0 Å². The molecular weight excluding hydrogens is 583 g/mol. The summed E-state index contributed by atoms with van der Waals surface area (Å²) in [5.74, 6) is 0. The number of aryl methyl sites for hydroxylation is 4. The predicted octanol–water partition coefficient (Wildman–Crippen LogP) is 12.9. The zero-order chi connectivity index (χ0) is 32.5. The molecule has 0 radical (unpaired) electrons. The smallest absolute Gasteiger partial charge is 0.135 e. The molecule has 9 aromatic rings. The molecule has 0 aliphatic rings. The lowest BCUT2D eigenvalue weighted by Crippen LogP contribution is -1.97. The molecule has 48 heavy (non-hydrogen) atoms. The fourth-order valence-corrected chi connectivity index (χ4v) is 7.73. The summed E-state index contributed by atoms with van der Waals surface area (Å²) in [4.78, 5) is 0. The molecule has 0 saturated heterocycles. The quantitative estimate of drug-likeness (QED) is 0.192. The predicted molar refractivity (Wildman–Crippen MR) is 203 cm³/mol. The van der Waals surface area contributed by atoms with Crippen LogP contribution in [0.1, 0.15) is 22.3 Å². The van der Waals surface area contributed by atoms with Crippen LogP contribution in [0.15, 0.2) is 144 Å². The number of para-hydroxylation sites is 2. The van der Waals surface area contributed by atoms with E-state index in [2.05, 4.69) is 160 Å². The third-order valence-electron chi connectivity index (χ3n) is 9.71. The second-order valence-corrected chi connectivity index (χ2v) is 13.4. The highest BCUT2D eigenvalue weighted by Gasteiger charge is 2.18. The molecule has 0 atom stereocenters. The molecule has 2 heteroatoms. The molecule has 7 aromatic carbocycles. The topological polar surface area (TPSA) is 18.1 Å². The van der Waals surface area contributed by atoms with E-state index in [1.165, 1.54) is 77.4 Å². The van der Waals surface area contributed by atoms with E-state index in [1.54, 1.807) is 0 Å². The molecule has 9 rings (SSSR count). The maximum Gasteiger partial charge on any atom is 0.135 e. The molecule has 0 amide bonds. The van der Waals surface area contributed by atoms with Gasteiger partial charge in [-0.2, -0.15) is 0 Å². The van der Waals surface area contributed by atoms with Gasteiger partial charge in [-0.05, 0) is 104 Å². The second-order valence-electron chi connectivity index (χ2n) is 13.4. The van der Waals surface area contributed by atoms with Crippen molar-refractivity contribution in [2.75, 3.05) is 0 Å². The number of fused-ring (bicyclic) bond motifs is 6. The Balaban J connectivity index is 1.31. The first kappa shape index (κ1) is 28.4. The van der Waals surface area contributed by atoms with Crippen molar-refractivity contribution < 1.29 is 4.42 Å². The summed E-state index contributed by atoms with van der Waals surface area (Å²) in [5, 5.41) is 4.77. The van der Waals surface area contributed by atoms with E-state index in [-0.39, 0.29) is 0 Å². The highest BCUT2D eigenvalue weighted by molar-refractivity contribution is 6.12. The van der Waals surface area contributed by atoms with Crippen molar-refractivity contribution in [1.82, 2.24) is 4.57 Å². The van der Waals surface area contributed by atoms with E-state index in [0.717, 1.165) is 27.6 Å². The minimum absolute atomic E-state index is 0.909. The van der Waals surface area contributed by atoms with Crippen LogP contribution in [0, 0.1) is 27.7 Å². The number of benzene rings is 7. The van der Waals surface area contributed by atoms with Gasteiger partial charge in [0, 0.05) is 27.1 Å². The van der Waals surface area contributed by atoms with Gasteiger partial charge in [0.05, 0.1) is 16.7 Å². The fraction of sp³-hybridized carbons (Fsp3) is 0.0870. The molecule has 0 aliphatic heterocycles. The van der Waals surface area contributed by atoms with Crippen molar-refractivity contribution in [1.29, 1.82) is 0 Å². The molecule has 0 aliphatic carbocycles. The summed E-state index contributed by atoms with van der Waals surface area (Å²) in [6, 6.07) is 51.3. The summed E-state index contributed by atoms with van der Waals surface area (Å²) < 4.78 is 8.63. The molecule has 230 valence electrons. The highest BCUT2D eigenvalue weighted by atomic mass is 16.3. The Morgan fingerprint density at radius 3 is 1.50 bits per heavy atom. The Morgan fingerprint density at radius 2 is 0.875 bits per heavy atom. The van der Waals surface area contributed by atoms with E-state index in [0.29, 0.717) is 0 Å². The number of hydrogen-bond acceptors (Lipinski definition) is 1. The molecule has 0 bridgehead atoms. The molecule has 0 fully saturated rings. The van der Waals surface area contributed by atoms with Crippen LogP contribution in [0.25, 0.3) is 82.8 Å². The van der Waals surface area contributed by atoms with Crippen LogP contribution in [0.3, 0.4) is 0 Å². The molecule has 2 aromatic heterocycles. The van der Waals surface area contributed by atoms with Gasteiger partial charge in [-0.1, -0.05) is 113 Å². The average Bonchev–Trinajstić information content (AvgIpc) is 3.62. The lowest BCUT2D eigenvalue weighted by Gasteiger charge is -2.14. The van der Waals surface area contributed by atoms with Gasteiger partial charge in [0.25, 0.3) is 0 Å². The minimum atomic E-state index is 0.909. The van der Waals surface area contributed by atoms with Gasteiger partial charge in [0.2, 0.25) is 0 Å².